The van der Waals surface area contributed by atoms with Crippen LogP contribution in [-0.4, -0.2) is 75.5 Å². The van der Waals surface area contributed by atoms with Gasteiger partial charge in [-0.1, -0.05) is 179 Å². The highest BCUT2D eigenvalue weighted by molar-refractivity contribution is 5.70. The minimum absolute atomic E-state index is 0.0222. The Hall–Kier alpha value is -2.19. The van der Waals surface area contributed by atoms with E-state index in [2.05, 4.69) is 32.1 Å². The Morgan fingerprint density at radius 1 is 0.545 bits per heavy atom. The number of rotatable bonds is 41. The molecular formula is C47H87NO7. The highest BCUT2D eigenvalue weighted by Gasteiger charge is 2.25. The van der Waals surface area contributed by atoms with Crippen LogP contribution in [0.25, 0.3) is 0 Å². The average molecular weight is 778 g/mol. The van der Waals surface area contributed by atoms with Crippen molar-refractivity contribution in [2.75, 3.05) is 41.0 Å². The lowest BCUT2D eigenvalue weighted by Crippen LogP contribution is -2.55. The molecule has 0 rings (SSSR count). The summed E-state index contributed by atoms with van der Waals surface area (Å²) in [5.41, 5.74) is 0. The molecule has 0 aromatic heterocycles. The molecule has 55 heavy (non-hydrogen) atoms. The van der Waals surface area contributed by atoms with Crippen molar-refractivity contribution in [2.45, 2.75) is 219 Å². The van der Waals surface area contributed by atoms with Crippen LogP contribution in [0.4, 0.5) is 0 Å². The van der Waals surface area contributed by atoms with Gasteiger partial charge in [-0.05, 0) is 32.1 Å². The summed E-state index contributed by atoms with van der Waals surface area (Å²) in [7, 11) is 5.39. The fourth-order valence-corrected chi connectivity index (χ4v) is 6.77. The SMILES string of the molecule is CCCCCCCC/C=C/C/C=C/CCC(=O)OC(COCCC(C(=O)[O-])[N+](C)(C)C)COC(=O)CCCCCCCCCCCCCCCCCCCC. The van der Waals surface area contributed by atoms with Gasteiger partial charge in [0.05, 0.1) is 40.3 Å². The Kier molecular flexibility index (Phi) is 37.1. The summed E-state index contributed by atoms with van der Waals surface area (Å²) in [5, 5.41) is 11.6. The first-order valence-electron chi connectivity index (χ1n) is 22.9. The van der Waals surface area contributed by atoms with Gasteiger partial charge in [0, 0.05) is 19.3 Å². The second-order valence-electron chi connectivity index (χ2n) is 16.6. The van der Waals surface area contributed by atoms with Gasteiger partial charge in [-0.15, -0.1) is 0 Å². The van der Waals surface area contributed by atoms with Crippen LogP contribution in [0.1, 0.15) is 206 Å². The molecule has 0 spiro atoms. The summed E-state index contributed by atoms with van der Waals surface area (Å²) in [5.74, 6) is -1.81. The summed E-state index contributed by atoms with van der Waals surface area (Å²) >= 11 is 0. The van der Waals surface area contributed by atoms with Crippen molar-refractivity contribution in [3.05, 3.63) is 24.3 Å². The Balaban J connectivity index is 4.32. The standard InChI is InChI=1S/C47H87NO7/c1-6-8-10-12-14-16-18-20-21-22-23-24-26-27-29-31-33-35-37-45(49)54-42-43(41-53-40-39-44(47(51)52)48(3,4)5)55-46(50)38-36-34-32-30-28-25-19-17-15-13-11-9-7-2/h25,28,32,34,43-44H,6-24,26-27,29-31,33,35-42H2,1-5H3/b28-25+,34-32+. The average Bonchev–Trinajstić information content (AvgIpc) is 3.14. The number of allylic oxidation sites excluding steroid dienone is 4. The van der Waals surface area contributed by atoms with E-state index in [1.54, 1.807) is 21.1 Å². The normalized spacial score (nSPS) is 13.1. The molecule has 0 amide bonds. The number of carbonyl (C=O) groups excluding carboxylic acids is 3. The first kappa shape index (κ1) is 52.8. The Morgan fingerprint density at radius 2 is 1.00 bits per heavy atom. The largest absolute Gasteiger partial charge is 0.544 e. The number of carbonyl (C=O) groups is 3. The molecule has 0 heterocycles. The Bertz CT molecular complexity index is 957. The van der Waals surface area contributed by atoms with Crippen molar-refractivity contribution in [2.24, 2.45) is 0 Å². The molecule has 0 bridgehead atoms. The van der Waals surface area contributed by atoms with Crippen LogP contribution in [0.2, 0.25) is 0 Å². The van der Waals surface area contributed by atoms with Gasteiger partial charge in [0.25, 0.3) is 0 Å². The van der Waals surface area contributed by atoms with E-state index in [-0.39, 0.29) is 49.1 Å². The molecular weight excluding hydrogens is 691 g/mol. The molecule has 0 N–H and O–H groups in total. The lowest BCUT2D eigenvalue weighted by molar-refractivity contribution is -0.889. The molecule has 0 fully saturated rings. The summed E-state index contributed by atoms with van der Waals surface area (Å²) in [4.78, 5) is 36.8. The first-order valence-corrected chi connectivity index (χ1v) is 22.9. The highest BCUT2D eigenvalue weighted by atomic mass is 16.6. The van der Waals surface area contributed by atoms with E-state index in [0.717, 1.165) is 32.1 Å². The molecule has 0 aromatic rings. The number of carboxylic acid groups (broad SMARTS) is 1. The van der Waals surface area contributed by atoms with Crippen LogP contribution < -0.4 is 5.11 Å². The third-order valence-corrected chi connectivity index (χ3v) is 10.4. The van der Waals surface area contributed by atoms with Gasteiger partial charge in [-0.25, -0.2) is 0 Å². The number of ether oxygens (including phenoxy) is 3. The van der Waals surface area contributed by atoms with Crippen molar-refractivity contribution in [1.82, 2.24) is 0 Å². The first-order chi connectivity index (χ1) is 26.6. The van der Waals surface area contributed by atoms with Crippen molar-refractivity contribution >= 4 is 17.9 Å². The maximum atomic E-state index is 12.7. The van der Waals surface area contributed by atoms with Gasteiger partial charge in [0.1, 0.15) is 12.6 Å². The summed E-state index contributed by atoms with van der Waals surface area (Å²) in [6, 6.07) is -0.731. The second-order valence-corrected chi connectivity index (χ2v) is 16.6. The van der Waals surface area contributed by atoms with Crippen LogP contribution in [-0.2, 0) is 28.6 Å². The predicted octanol–water partition coefficient (Wildman–Crippen LogP) is 11.1. The van der Waals surface area contributed by atoms with Crippen molar-refractivity contribution < 1.29 is 38.2 Å². The molecule has 0 aromatic carbocycles. The van der Waals surface area contributed by atoms with E-state index in [9.17, 15) is 19.5 Å². The lowest BCUT2D eigenvalue weighted by atomic mass is 10.0. The molecule has 2 unspecified atom stereocenters. The molecule has 0 aliphatic heterocycles. The molecule has 0 radical (unpaired) electrons. The van der Waals surface area contributed by atoms with E-state index >= 15 is 0 Å². The molecule has 8 heteroatoms. The van der Waals surface area contributed by atoms with E-state index in [4.69, 9.17) is 14.2 Å². The van der Waals surface area contributed by atoms with E-state index in [1.807, 2.05) is 6.08 Å². The number of hydrogen-bond donors (Lipinski definition) is 0. The topological polar surface area (TPSA) is 102 Å². The number of likely N-dealkylation sites (N-methyl/N-ethyl adjacent to an activating group) is 1. The van der Waals surface area contributed by atoms with Gasteiger partial charge < -0.3 is 28.6 Å². The molecule has 322 valence electrons. The van der Waals surface area contributed by atoms with Crippen molar-refractivity contribution in [1.29, 1.82) is 0 Å². The van der Waals surface area contributed by atoms with Crippen LogP contribution in [0.15, 0.2) is 24.3 Å². The number of aliphatic carboxylic acids is 1. The second kappa shape index (κ2) is 38.7. The monoisotopic (exact) mass is 778 g/mol. The van der Waals surface area contributed by atoms with E-state index < -0.39 is 18.1 Å². The minimum atomic E-state index is -1.13. The Labute approximate surface area is 339 Å². The quantitative estimate of drug-likeness (QED) is 0.0264. The van der Waals surface area contributed by atoms with Crippen LogP contribution in [0.5, 0.6) is 0 Å². The Morgan fingerprint density at radius 3 is 1.47 bits per heavy atom. The lowest BCUT2D eigenvalue weighted by Gasteiger charge is -2.34. The highest BCUT2D eigenvalue weighted by Crippen LogP contribution is 2.15. The zero-order valence-corrected chi connectivity index (χ0v) is 36.6. The van der Waals surface area contributed by atoms with E-state index in [1.165, 1.54) is 135 Å². The molecule has 8 nitrogen and oxygen atoms in total. The molecule has 2 atom stereocenters. The van der Waals surface area contributed by atoms with Crippen molar-refractivity contribution in [3.63, 3.8) is 0 Å². The predicted molar refractivity (Wildman–Crippen MR) is 227 cm³/mol. The third kappa shape index (κ3) is 37.2. The molecule has 0 aliphatic carbocycles. The van der Waals surface area contributed by atoms with Gasteiger partial charge >= 0.3 is 11.9 Å². The van der Waals surface area contributed by atoms with Crippen LogP contribution >= 0.6 is 0 Å². The third-order valence-electron chi connectivity index (χ3n) is 10.4. The fourth-order valence-electron chi connectivity index (χ4n) is 6.77. The number of nitrogens with zero attached hydrogens (tertiary/aromatic N) is 1. The van der Waals surface area contributed by atoms with Gasteiger partial charge in [0.15, 0.2) is 6.10 Å². The number of unbranched alkanes of at least 4 members (excludes halogenated alkanes) is 23. The van der Waals surface area contributed by atoms with Gasteiger partial charge in [0.2, 0.25) is 0 Å². The minimum Gasteiger partial charge on any atom is -0.544 e. The summed E-state index contributed by atoms with van der Waals surface area (Å²) < 4.78 is 17.1. The summed E-state index contributed by atoms with van der Waals surface area (Å²) in [6.45, 7) is 4.61. The van der Waals surface area contributed by atoms with Gasteiger partial charge in [-0.3, -0.25) is 9.59 Å². The van der Waals surface area contributed by atoms with E-state index in [0.29, 0.717) is 12.8 Å². The smallest absolute Gasteiger partial charge is 0.306 e. The van der Waals surface area contributed by atoms with Crippen molar-refractivity contribution in [3.8, 4) is 0 Å². The number of hydrogen-bond acceptors (Lipinski definition) is 7. The van der Waals surface area contributed by atoms with Gasteiger partial charge in [-0.2, -0.15) is 0 Å². The zero-order chi connectivity index (χ0) is 40.7. The number of quaternary nitrogens is 1. The van der Waals surface area contributed by atoms with Crippen LogP contribution in [0, 0.1) is 0 Å². The number of carboxylic acids is 1. The molecule has 0 aliphatic rings. The maximum Gasteiger partial charge on any atom is 0.306 e. The van der Waals surface area contributed by atoms with Crippen LogP contribution in [0.3, 0.4) is 0 Å². The zero-order valence-electron chi connectivity index (χ0n) is 36.6. The molecule has 0 saturated heterocycles. The molecule has 0 saturated carbocycles. The number of esters is 2. The fraction of sp³-hybridized carbons (Fsp3) is 0.851. The maximum absolute atomic E-state index is 12.7. The summed E-state index contributed by atoms with van der Waals surface area (Å²) in [6.07, 6.45) is 42.2.